The van der Waals surface area contributed by atoms with Gasteiger partial charge >= 0.3 is 6.09 Å². The van der Waals surface area contributed by atoms with E-state index in [2.05, 4.69) is 11.8 Å². The number of carbonyl (C=O) groups is 1. The highest BCUT2D eigenvalue weighted by molar-refractivity contribution is 5.69. The summed E-state index contributed by atoms with van der Waals surface area (Å²) in [6.45, 7) is 4.94. The SMILES string of the molecule is CCN(C)CN1CCOC1=O. The second kappa shape index (κ2) is 3.57. The summed E-state index contributed by atoms with van der Waals surface area (Å²) < 4.78 is 4.77. The third kappa shape index (κ3) is 2.08. The zero-order chi connectivity index (χ0) is 8.27. The average Bonchev–Trinajstić information content (AvgIpc) is 2.37. The van der Waals surface area contributed by atoms with Gasteiger partial charge in [0.1, 0.15) is 6.61 Å². The quantitative estimate of drug-likeness (QED) is 0.594. The summed E-state index contributed by atoms with van der Waals surface area (Å²) >= 11 is 0. The Hall–Kier alpha value is -0.770. The summed E-state index contributed by atoms with van der Waals surface area (Å²) in [6, 6.07) is 0. The topological polar surface area (TPSA) is 32.8 Å². The minimum atomic E-state index is -0.190. The largest absolute Gasteiger partial charge is 0.447 e. The van der Waals surface area contributed by atoms with Crippen LogP contribution >= 0.6 is 0 Å². The predicted molar refractivity (Wildman–Crippen MR) is 41.2 cm³/mol. The van der Waals surface area contributed by atoms with Gasteiger partial charge in [-0.05, 0) is 13.6 Å². The van der Waals surface area contributed by atoms with Gasteiger partial charge in [-0.25, -0.2) is 4.79 Å². The van der Waals surface area contributed by atoms with Crippen molar-refractivity contribution < 1.29 is 9.53 Å². The van der Waals surface area contributed by atoms with Gasteiger partial charge in [0, 0.05) is 0 Å². The fraction of sp³-hybridized carbons (Fsp3) is 0.857. The highest BCUT2D eigenvalue weighted by Gasteiger charge is 2.21. The minimum absolute atomic E-state index is 0.190. The van der Waals surface area contributed by atoms with Crippen molar-refractivity contribution in [2.24, 2.45) is 0 Å². The van der Waals surface area contributed by atoms with Crippen molar-refractivity contribution >= 4 is 6.09 Å². The first kappa shape index (κ1) is 8.33. The summed E-state index contributed by atoms with van der Waals surface area (Å²) in [5.41, 5.74) is 0. The first-order valence-electron chi connectivity index (χ1n) is 3.84. The summed E-state index contributed by atoms with van der Waals surface area (Å²) in [6.07, 6.45) is -0.190. The van der Waals surface area contributed by atoms with Crippen LogP contribution in [0.1, 0.15) is 6.92 Å². The van der Waals surface area contributed by atoms with E-state index in [1.165, 1.54) is 0 Å². The van der Waals surface area contributed by atoms with E-state index in [1.54, 1.807) is 4.90 Å². The fourth-order valence-corrected chi connectivity index (χ4v) is 0.946. The van der Waals surface area contributed by atoms with E-state index in [1.807, 2.05) is 7.05 Å². The monoisotopic (exact) mass is 158 g/mol. The molecule has 0 unspecified atom stereocenters. The molecule has 0 spiro atoms. The van der Waals surface area contributed by atoms with E-state index in [9.17, 15) is 4.79 Å². The smallest absolute Gasteiger partial charge is 0.410 e. The zero-order valence-electron chi connectivity index (χ0n) is 7.04. The Labute approximate surface area is 66.7 Å². The van der Waals surface area contributed by atoms with Crippen LogP contribution in [0.3, 0.4) is 0 Å². The number of cyclic esters (lactones) is 1. The number of rotatable bonds is 3. The van der Waals surface area contributed by atoms with Crippen molar-refractivity contribution in [3.8, 4) is 0 Å². The van der Waals surface area contributed by atoms with Gasteiger partial charge in [0.15, 0.2) is 0 Å². The maximum Gasteiger partial charge on any atom is 0.410 e. The first-order chi connectivity index (χ1) is 5.24. The van der Waals surface area contributed by atoms with Crippen LogP contribution in [0.25, 0.3) is 0 Å². The molecule has 1 rings (SSSR count). The van der Waals surface area contributed by atoms with E-state index in [4.69, 9.17) is 4.74 Å². The molecular formula is C7H14N2O2. The first-order valence-corrected chi connectivity index (χ1v) is 3.84. The molecule has 4 heteroatoms. The van der Waals surface area contributed by atoms with Gasteiger partial charge in [-0.2, -0.15) is 0 Å². The molecule has 11 heavy (non-hydrogen) atoms. The molecule has 1 amide bonds. The summed E-state index contributed by atoms with van der Waals surface area (Å²) in [7, 11) is 1.98. The lowest BCUT2D eigenvalue weighted by atomic mass is 10.6. The normalized spacial score (nSPS) is 17.7. The molecule has 64 valence electrons. The molecular weight excluding hydrogens is 144 g/mol. The Morgan fingerprint density at radius 1 is 1.73 bits per heavy atom. The molecule has 4 nitrogen and oxygen atoms in total. The van der Waals surface area contributed by atoms with Crippen molar-refractivity contribution in [2.45, 2.75) is 6.92 Å². The Balaban J connectivity index is 2.30. The second-order valence-electron chi connectivity index (χ2n) is 2.69. The van der Waals surface area contributed by atoms with E-state index in [0.29, 0.717) is 13.3 Å². The van der Waals surface area contributed by atoms with E-state index >= 15 is 0 Å². The molecule has 0 aromatic heterocycles. The number of carbonyl (C=O) groups excluding carboxylic acids is 1. The Kier molecular flexibility index (Phi) is 2.70. The van der Waals surface area contributed by atoms with Crippen LogP contribution in [-0.4, -0.2) is 49.3 Å². The molecule has 0 aromatic carbocycles. The van der Waals surface area contributed by atoms with Crippen LogP contribution in [0.15, 0.2) is 0 Å². The molecule has 0 radical (unpaired) electrons. The van der Waals surface area contributed by atoms with Gasteiger partial charge in [0.25, 0.3) is 0 Å². The van der Waals surface area contributed by atoms with Gasteiger partial charge in [0.2, 0.25) is 0 Å². The predicted octanol–water partition coefficient (Wildman–Crippen LogP) is 0.348. The van der Waals surface area contributed by atoms with Crippen LogP contribution in [-0.2, 0) is 4.74 Å². The zero-order valence-corrected chi connectivity index (χ0v) is 7.04. The van der Waals surface area contributed by atoms with Gasteiger partial charge in [-0.15, -0.1) is 0 Å². The molecule has 0 bridgehead atoms. The molecule has 1 fully saturated rings. The molecule has 0 saturated carbocycles. The van der Waals surface area contributed by atoms with Gasteiger partial charge in [0.05, 0.1) is 13.2 Å². The van der Waals surface area contributed by atoms with Crippen molar-refractivity contribution in [3.05, 3.63) is 0 Å². The highest BCUT2D eigenvalue weighted by Crippen LogP contribution is 2.02. The van der Waals surface area contributed by atoms with Crippen molar-refractivity contribution in [1.82, 2.24) is 9.80 Å². The van der Waals surface area contributed by atoms with Gasteiger partial charge in [-0.1, -0.05) is 6.92 Å². The lowest BCUT2D eigenvalue weighted by Gasteiger charge is -2.20. The average molecular weight is 158 g/mol. The number of nitrogens with zero attached hydrogens (tertiary/aromatic N) is 2. The van der Waals surface area contributed by atoms with Crippen LogP contribution in [0.4, 0.5) is 4.79 Å². The highest BCUT2D eigenvalue weighted by atomic mass is 16.6. The third-order valence-corrected chi connectivity index (χ3v) is 1.80. The van der Waals surface area contributed by atoms with Crippen molar-refractivity contribution in [3.63, 3.8) is 0 Å². The number of hydrogen-bond donors (Lipinski definition) is 0. The van der Waals surface area contributed by atoms with Crippen LogP contribution < -0.4 is 0 Å². The van der Waals surface area contributed by atoms with E-state index in [0.717, 1.165) is 13.1 Å². The lowest BCUT2D eigenvalue weighted by molar-refractivity contribution is 0.140. The molecule has 1 heterocycles. The standard InChI is InChI=1S/C7H14N2O2/c1-3-8(2)6-9-4-5-11-7(9)10/h3-6H2,1-2H3. The lowest BCUT2D eigenvalue weighted by Crippen LogP contribution is -2.36. The Morgan fingerprint density at radius 3 is 2.91 bits per heavy atom. The van der Waals surface area contributed by atoms with Gasteiger partial charge in [-0.3, -0.25) is 9.80 Å². The number of hydrogen-bond acceptors (Lipinski definition) is 3. The van der Waals surface area contributed by atoms with E-state index < -0.39 is 0 Å². The summed E-state index contributed by atoms with van der Waals surface area (Å²) in [4.78, 5) is 14.7. The fourth-order valence-electron chi connectivity index (χ4n) is 0.946. The number of amides is 1. The van der Waals surface area contributed by atoms with Gasteiger partial charge < -0.3 is 4.74 Å². The third-order valence-electron chi connectivity index (χ3n) is 1.80. The summed E-state index contributed by atoms with van der Waals surface area (Å²) in [5.74, 6) is 0. The summed E-state index contributed by atoms with van der Waals surface area (Å²) in [5, 5.41) is 0. The molecule has 0 atom stereocenters. The second-order valence-corrected chi connectivity index (χ2v) is 2.69. The molecule has 0 N–H and O–H groups in total. The molecule has 0 aliphatic carbocycles. The van der Waals surface area contributed by atoms with E-state index in [-0.39, 0.29) is 6.09 Å². The molecule has 0 aromatic rings. The maximum absolute atomic E-state index is 10.9. The molecule has 1 saturated heterocycles. The Morgan fingerprint density at radius 2 is 2.45 bits per heavy atom. The minimum Gasteiger partial charge on any atom is -0.447 e. The molecule has 1 aliphatic rings. The van der Waals surface area contributed by atoms with Crippen LogP contribution in [0.5, 0.6) is 0 Å². The molecule has 1 aliphatic heterocycles. The number of ether oxygens (including phenoxy) is 1. The van der Waals surface area contributed by atoms with Crippen LogP contribution in [0, 0.1) is 0 Å². The van der Waals surface area contributed by atoms with Crippen LogP contribution in [0.2, 0.25) is 0 Å². The van der Waals surface area contributed by atoms with Crippen molar-refractivity contribution in [2.75, 3.05) is 33.4 Å². The maximum atomic E-state index is 10.9. The van der Waals surface area contributed by atoms with Crippen molar-refractivity contribution in [1.29, 1.82) is 0 Å². The Bertz CT molecular complexity index is 149.